The third-order valence-corrected chi connectivity index (χ3v) is 1.97. The van der Waals surface area contributed by atoms with Crippen LogP contribution in [0, 0.1) is 0 Å². The van der Waals surface area contributed by atoms with Crippen LogP contribution >= 0.6 is 27.3 Å². The van der Waals surface area contributed by atoms with Crippen LogP contribution in [0.4, 0.5) is 0 Å². The molecule has 0 fully saturated rings. The van der Waals surface area contributed by atoms with Gasteiger partial charge in [-0.3, -0.25) is 0 Å². The fraction of sp³-hybridized carbons (Fsp3) is 0. The first kappa shape index (κ1) is 8.18. The Balaban J connectivity index is 0.000000360. The zero-order chi connectivity index (χ0) is 4.41. The van der Waals surface area contributed by atoms with E-state index in [9.17, 15) is 0 Å². The molecule has 3 heteroatoms. The Morgan fingerprint density at radius 3 is 2.43 bits per heavy atom. The molecule has 0 radical (unpaired) electrons. The molecule has 0 aliphatic heterocycles. The molecule has 0 saturated heterocycles. The molecule has 0 amide bonds. The summed E-state index contributed by atoms with van der Waals surface area (Å²) in [7, 11) is 0. The van der Waals surface area contributed by atoms with Gasteiger partial charge in [-0.05, 0) is 27.4 Å². The van der Waals surface area contributed by atoms with E-state index in [0.29, 0.717) is 0 Å². The molecule has 1 rings (SSSR count). The first-order valence-electron chi connectivity index (χ1n) is 1.57. The van der Waals surface area contributed by atoms with E-state index in [2.05, 4.69) is 15.9 Å². The van der Waals surface area contributed by atoms with Gasteiger partial charge in [0.25, 0.3) is 0 Å². The Bertz CT molecular complexity index is 115. The second kappa shape index (κ2) is 4.10. The van der Waals surface area contributed by atoms with Crippen molar-refractivity contribution in [1.82, 2.24) is 0 Å². The Morgan fingerprint density at radius 2 is 2.29 bits per heavy atom. The van der Waals surface area contributed by atoms with Gasteiger partial charge in [-0.1, -0.05) is 0 Å². The topological polar surface area (TPSA) is 0 Å². The van der Waals surface area contributed by atoms with Crippen LogP contribution in [0.2, 0.25) is 0 Å². The van der Waals surface area contributed by atoms with E-state index in [0.717, 1.165) is 0 Å². The molecule has 0 bridgehead atoms. The van der Waals surface area contributed by atoms with Gasteiger partial charge in [0.2, 0.25) is 0 Å². The van der Waals surface area contributed by atoms with Crippen molar-refractivity contribution in [2.45, 2.75) is 0 Å². The zero-order valence-electron chi connectivity index (χ0n) is 3.02. The van der Waals surface area contributed by atoms with E-state index in [4.69, 9.17) is 0 Å². The summed E-state index contributed by atoms with van der Waals surface area (Å²) in [6.07, 6.45) is 0. The molecule has 0 spiro atoms. The van der Waals surface area contributed by atoms with Gasteiger partial charge in [0.15, 0.2) is 0 Å². The van der Waals surface area contributed by atoms with Gasteiger partial charge >= 0.3 is 29.6 Å². The van der Waals surface area contributed by atoms with Crippen LogP contribution in [0.1, 0.15) is 0 Å². The monoisotopic (exact) mass is 186 g/mol. The Kier molecular flexibility index (Phi) is 4.79. The Labute approximate surface area is 77.4 Å². The van der Waals surface area contributed by atoms with Gasteiger partial charge in [-0.15, -0.1) is 0 Å². The van der Waals surface area contributed by atoms with E-state index >= 15 is 0 Å². The minimum atomic E-state index is 0. The molecule has 34 valence electrons. The number of thiophene rings is 1. The van der Waals surface area contributed by atoms with Crippen molar-refractivity contribution in [3.63, 3.8) is 0 Å². The van der Waals surface area contributed by atoms with Crippen LogP contribution < -0.4 is 0 Å². The standard InChI is InChI=1S/C4H3BrS.Na.H/c5-4-1-2-6-3-4;;/h1-3H;;. The van der Waals surface area contributed by atoms with Gasteiger partial charge in [0, 0.05) is 9.85 Å². The summed E-state index contributed by atoms with van der Waals surface area (Å²) in [4.78, 5) is 0. The van der Waals surface area contributed by atoms with Crippen molar-refractivity contribution in [2.24, 2.45) is 0 Å². The third-order valence-electron chi connectivity index (χ3n) is 0.486. The minimum absolute atomic E-state index is 0. The first-order valence-corrected chi connectivity index (χ1v) is 3.31. The quantitative estimate of drug-likeness (QED) is 0.544. The van der Waals surface area contributed by atoms with E-state index in [1.807, 2.05) is 16.8 Å². The van der Waals surface area contributed by atoms with E-state index < -0.39 is 0 Å². The van der Waals surface area contributed by atoms with Crippen molar-refractivity contribution in [3.8, 4) is 0 Å². The summed E-state index contributed by atoms with van der Waals surface area (Å²) in [5.74, 6) is 0. The predicted molar refractivity (Wildman–Crippen MR) is 39.2 cm³/mol. The molecule has 0 nitrogen and oxygen atoms in total. The first-order chi connectivity index (χ1) is 2.89. The molecule has 0 aliphatic carbocycles. The van der Waals surface area contributed by atoms with Crippen molar-refractivity contribution in [3.05, 3.63) is 21.3 Å². The predicted octanol–water partition coefficient (Wildman–Crippen LogP) is 1.86. The van der Waals surface area contributed by atoms with E-state index in [1.165, 1.54) is 4.47 Å². The fourth-order valence-electron chi connectivity index (χ4n) is 0.248. The molecule has 0 N–H and O–H groups in total. The molecule has 1 heterocycles. The SMILES string of the molecule is Brc1ccsc1.[NaH]. The normalized spacial score (nSPS) is 7.57. The number of rotatable bonds is 0. The van der Waals surface area contributed by atoms with Crippen LogP contribution in [-0.2, 0) is 0 Å². The van der Waals surface area contributed by atoms with Crippen LogP contribution in [0.15, 0.2) is 21.3 Å². The molecule has 0 aliphatic rings. The fourth-order valence-corrected chi connectivity index (χ4v) is 1.39. The van der Waals surface area contributed by atoms with Crippen molar-refractivity contribution in [1.29, 1.82) is 0 Å². The Hall–Kier alpha value is 1.18. The van der Waals surface area contributed by atoms with E-state index in [1.54, 1.807) is 11.3 Å². The van der Waals surface area contributed by atoms with Crippen LogP contribution in [0.3, 0.4) is 0 Å². The summed E-state index contributed by atoms with van der Waals surface area (Å²) in [6, 6.07) is 2.02. The van der Waals surface area contributed by atoms with Crippen molar-refractivity contribution in [2.75, 3.05) is 0 Å². The molecule has 0 unspecified atom stereocenters. The molecular formula is C4H4BrNaS. The average molecular weight is 187 g/mol. The summed E-state index contributed by atoms with van der Waals surface area (Å²) in [6.45, 7) is 0. The van der Waals surface area contributed by atoms with Gasteiger partial charge < -0.3 is 0 Å². The van der Waals surface area contributed by atoms with Crippen LogP contribution in [-0.4, -0.2) is 29.6 Å². The van der Waals surface area contributed by atoms with E-state index in [-0.39, 0.29) is 29.6 Å². The zero-order valence-corrected chi connectivity index (χ0v) is 5.42. The molecular weight excluding hydrogens is 183 g/mol. The number of hydrogen-bond donors (Lipinski definition) is 0. The molecule has 0 atom stereocenters. The van der Waals surface area contributed by atoms with Crippen molar-refractivity contribution >= 4 is 56.8 Å². The summed E-state index contributed by atoms with van der Waals surface area (Å²) < 4.78 is 1.17. The second-order valence-electron chi connectivity index (χ2n) is 0.942. The molecule has 1 aromatic heterocycles. The van der Waals surface area contributed by atoms with Gasteiger partial charge in [-0.25, -0.2) is 0 Å². The summed E-state index contributed by atoms with van der Waals surface area (Å²) >= 11 is 4.98. The molecule has 0 aromatic carbocycles. The molecule has 1 aromatic rings. The van der Waals surface area contributed by atoms with Crippen LogP contribution in [0.25, 0.3) is 0 Å². The Morgan fingerprint density at radius 1 is 1.57 bits per heavy atom. The number of hydrogen-bond acceptors (Lipinski definition) is 1. The van der Waals surface area contributed by atoms with Crippen LogP contribution in [0.5, 0.6) is 0 Å². The average Bonchev–Trinajstić information content (AvgIpc) is 1.86. The third kappa shape index (κ3) is 2.88. The molecule has 7 heavy (non-hydrogen) atoms. The van der Waals surface area contributed by atoms with Gasteiger partial charge in [-0.2, -0.15) is 11.3 Å². The summed E-state index contributed by atoms with van der Waals surface area (Å²) in [5.41, 5.74) is 0. The number of halogens is 1. The second-order valence-corrected chi connectivity index (χ2v) is 2.64. The summed E-state index contributed by atoms with van der Waals surface area (Å²) in [5, 5.41) is 4.07. The maximum atomic E-state index is 3.29. The van der Waals surface area contributed by atoms with Gasteiger partial charge in [0.1, 0.15) is 0 Å². The molecule has 0 saturated carbocycles. The maximum absolute atomic E-state index is 3.29. The van der Waals surface area contributed by atoms with Crippen molar-refractivity contribution < 1.29 is 0 Å². The van der Waals surface area contributed by atoms with Gasteiger partial charge in [0.05, 0.1) is 0 Å².